The van der Waals surface area contributed by atoms with Gasteiger partial charge in [0.15, 0.2) is 0 Å². The molecule has 2 heteroatoms. The third-order valence-electron chi connectivity index (χ3n) is 2.85. The normalized spacial score (nSPS) is 22.9. The van der Waals surface area contributed by atoms with Gasteiger partial charge in [-0.3, -0.25) is 0 Å². The predicted molar refractivity (Wildman–Crippen MR) is 45.0 cm³/mol. The molecule has 0 aromatic heterocycles. The number of rotatable bonds is 1. The molecular formula is C9H18LiN. The molecule has 1 aliphatic carbocycles. The van der Waals surface area contributed by atoms with Crippen LogP contribution in [0.1, 0.15) is 46.0 Å². The second-order valence-electron chi connectivity index (χ2n) is 3.87. The summed E-state index contributed by atoms with van der Waals surface area (Å²) in [6.45, 7) is 4.36. The molecular weight excluding hydrogens is 129 g/mol. The van der Waals surface area contributed by atoms with E-state index in [0.29, 0.717) is 5.92 Å². The quantitative estimate of drug-likeness (QED) is 0.479. The Morgan fingerprint density at radius 1 is 1.09 bits per heavy atom. The van der Waals surface area contributed by atoms with E-state index in [0.717, 1.165) is 12.8 Å². The van der Waals surface area contributed by atoms with Crippen molar-refractivity contribution in [2.24, 2.45) is 5.92 Å². The van der Waals surface area contributed by atoms with Crippen molar-refractivity contribution in [3.05, 3.63) is 5.73 Å². The van der Waals surface area contributed by atoms with Gasteiger partial charge in [0.2, 0.25) is 0 Å². The van der Waals surface area contributed by atoms with E-state index in [1.165, 1.54) is 19.3 Å². The zero-order chi connectivity index (χ0) is 7.61. The van der Waals surface area contributed by atoms with Gasteiger partial charge in [-0.05, 0) is 0 Å². The molecule has 0 atom stereocenters. The van der Waals surface area contributed by atoms with Crippen molar-refractivity contribution >= 4 is 0 Å². The average Bonchev–Trinajstić information content (AvgIpc) is 1.89. The molecule has 0 unspecified atom stereocenters. The fraction of sp³-hybridized carbons (Fsp3) is 1.00. The van der Waals surface area contributed by atoms with Crippen LogP contribution in [0.4, 0.5) is 0 Å². The molecule has 1 rings (SSSR count). The van der Waals surface area contributed by atoms with E-state index in [2.05, 4.69) is 13.8 Å². The van der Waals surface area contributed by atoms with Crippen molar-refractivity contribution < 1.29 is 18.9 Å². The molecule has 0 saturated heterocycles. The van der Waals surface area contributed by atoms with E-state index in [9.17, 15) is 0 Å². The minimum Gasteiger partial charge on any atom is -0.672 e. The first-order valence-corrected chi connectivity index (χ1v) is 4.40. The first-order chi connectivity index (χ1) is 4.65. The molecule has 0 spiro atoms. The fourth-order valence-electron chi connectivity index (χ4n) is 1.76. The molecule has 1 N–H and O–H groups in total. The van der Waals surface area contributed by atoms with E-state index in [1.54, 1.807) is 0 Å². The SMILES string of the molecule is CC(C)C1([NH-])CCCCC1.[Li+]. The van der Waals surface area contributed by atoms with Gasteiger partial charge in [-0.2, -0.15) is 0 Å². The van der Waals surface area contributed by atoms with Crippen LogP contribution in [0.5, 0.6) is 0 Å². The zero-order valence-corrected chi connectivity index (χ0v) is 8.11. The van der Waals surface area contributed by atoms with Gasteiger partial charge in [-0.1, -0.05) is 51.9 Å². The van der Waals surface area contributed by atoms with Gasteiger partial charge in [0.05, 0.1) is 0 Å². The minimum absolute atomic E-state index is 0. The summed E-state index contributed by atoms with van der Waals surface area (Å²) in [7, 11) is 0. The molecule has 0 aromatic carbocycles. The Morgan fingerprint density at radius 2 is 1.55 bits per heavy atom. The zero-order valence-electron chi connectivity index (χ0n) is 8.11. The van der Waals surface area contributed by atoms with Crippen LogP contribution in [0.25, 0.3) is 5.73 Å². The Hall–Kier alpha value is 0.557. The van der Waals surface area contributed by atoms with Crippen molar-refractivity contribution in [3.63, 3.8) is 0 Å². The summed E-state index contributed by atoms with van der Waals surface area (Å²) in [6, 6.07) is 0. The van der Waals surface area contributed by atoms with E-state index >= 15 is 0 Å². The Morgan fingerprint density at radius 3 is 1.82 bits per heavy atom. The maximum Gasteiger partial charge on any atom is 1.00 e. The van der Waals surface area contributed by atoms with Crippen LogP contribution in [0.3, 0.4) is 0 Å². The van der Waals surface area contributed by atoms with Crippen LogP contribution in [0, 0.1) is 5.92 Å². The Balaban J connectivity index is 0.000001000. The fourth-order valence-corrected chi connectivity index (χ4v) is 1.76. The maximum atomic E-state index is 8.08. The molecule has 0 aliphatic heterocycles. The summed E-state index contributed by atoms with van der Waals surface area (Å²) in [4.78, 5) is 0. The standard InChI is InChI=1S/C9H18N.Li/c1-8(2)9(10)6-4-3-5-7-9;/h8,10H,3-7H2,1-2H3;/q-1;+1. The Labute approximate surface area is 82.3 Å². The third-order valence-corrected chi connectivity index (χ3v) is 2.85. The van der Waals surface area contributed by atoms with Crippen LogP contribution in [0.2, 0.25) is 0 Å². The van der Waals surface area contributed by atoms with Gasteiger partial charge in [-0.25, -0.2) is 0 Å². The molecule has 11 heavy (non-hydrogen) atoms. The summed E-state index contributed by atoms with van der Waals surface area (Å²) in [5.41, 5.74) is 8.00. The van der Waals surface area contributed by atoms with Gasteiger partial charge in [0.25, 0.3) is 0 Å². The number of hydrogen-bond donors (Lipinski definition) is 0. The molecule has 60 valence electrons. The number of hydrogen-bond acceptors (Lipinski definition) is 0. The van der Waals surface area contributed by atoms with Crippen molar-refractivity contribution in [3.8, 4) is 0 Å². The molecule has 1 aliphatic rings. The van der Waals surface area contributed by atoms with Crippen molar-refractivity contribution in [1.82, 2.24) is 0 Å². The molecule has 0 radical (unpaired) electrons. The molecule has 1 nitrogen and oxygen atoms in total. The van der Waals surface area contributed by atoms with Gasteiger partial charge in [-0.15, -0.1) is 5.54 Å². The minimum atomic E-state index is -0.0712. The molecule has 0 heterocycles. The van der Waals surface area contributed by atoms with E-state index in [4.69, 9.17) is 5.73 Å². The first-order valence-electron chi connectivity index (χ1n) is 4.40. The smallest absolute Gasteiger partial charge is 0.672 e. The first kappa shape index (κ1) is 11.6. The van der Waals surface area contributed by atoms with Crippen molar-refractivity contribution in [2.45, 2.75) is 51.5 Å². The summed E-state index contributed by atoms with van der Waals surface area (Å²) in [5.74, 6) is 0.549. The molecule has 0 amide bonds. The average molecular weight is 147 g/mol. The van der Waals surface area contributed by atoms with Gasteiger partial charge < -0.3 is 5.73 Å². The second-order valence-corrected chi connectivity index (χ2v) is 3.87. The van der Waals surface area contributed by atoms with Gasteiger partial charge in [0, 0.05) is 0 Å². The van der Waals surface area contributed by atoms with Crippen LogP contribution in [-0.4, -0.2) is 5.54 Å². The molecule has 0 bridgehead atoms. The monoisotopic (exact) mass is 147 g/mol. The van der Waals surface area contributed by atoms with Crippen LogP contribution in [-0.2, 0) is 0 Å². The van der Waals surface area contributed by atoms with E-state index in [1.807, 2.05) is 0 Å². The topological polar surface area (TPSA) is 23.8 Å². The van der Waals surface area contributed by atoms with Gasteiger partial charge in [0.1, 0.15) is 0 Å². The summed E-state index contributed by atoms with van der Waals surface area (Å²) in [6.07, 6.45) is 6.17. The molecule has 0 aromatic rings. The van der Waals surface area contributed by atoms with Crippen LogP contribution < -0.4 is 18.9 Å². The van der Waals surface area contributed by atoms with E-state index < -0.39 is 0 Å². The second kappa shape index (κ2) is 4.55. The summed E-state index contributed by atoms with van der Waals surface area (Å²) in [5, 5.41) is 0. The van der Waals surface area contributed by atoms with Crippen molar-refractivity contribution in [2.75, 3.05) is 0 Å². The molecule has 1 saturated carbocycles. The number of nitrogens with one attached hydrogen (secondary N) is 1. The third kappa shape index (κ3) is 2.82. The van der Waals surface area contributed by atoms with Crippen molar-refractivity contribution in [1.29, 1.82) is 0 Å². The Bertz CT molecular complexity index is 106. The van der Waals surface area contributed by atoms with E-state index in [-0.39, 0.29) is 24.4 Å². The van der Waals surface area contributed by atoms with Crippen LogP contribution >= 0.6 is 0 Å². The summed E-state index contributed by atoms with van der Waals surface area (Å²) >= 11 is 0. The maximum absolute atomic E-state index is 8.08. The molecule has 1 fully saturated rings. The van der Waals surface area contributed by atoms with Crippen LogP contribution in [0.15, 0.2) is 0 Å². The van der Waals surface area contributed by atoms with Gasteiger partial charge >= 0.3 is 18.9 Å². The Kier molecular flexibility index (Phi) is 4.78. The summed E-state index contributed by atoms with van der Waals surface area (Å²) < 4.78 is 0. The largest absolute Gasteiger partial charge is 1.00 e. The predicted octanol–water partition coefficient (Wildman–Crippen LogP) is 0.401.